The van der Waals surface area contributed by atoms with E-state index in [-0.39, 0.29) is 17.9 Å². The van der Waals surface area contributed by atoms with Crippen LogP contribution in [-0.2, 0) is 13.0 Å². The van der Waals surface area contributed by atoms with Gasteiger partial charge in [-0.25, -0.2) is 9.37 Å². The zero-order valence-corrected chi connectivity index (χ0v) is 17.3. The Balaban J connectivity index is 1.95. The van der Waals surface area contributed by atoms with Crippen LogP contribution in [-0.4, -0.2) is 16.7 Å². The summed E-state index contributed by atoms with van der Waals surface area (Å²) in [6.07, 6.45) is 0.617. The Kier molecular flexibility index (Phi) is 5.20. The second-order valence-electron chi connectivity index (χ2n) is 6.85. The molecule has 6 heteroatoms. The molecule has 0 radical (unpaired) electrons. The Hall–Kier alpha value is -2.99. The van der Waals surface area contributed by atoms with Crippen LogP contribution in [0, 0.1) is 12.7 Å². The molecule has 2 aromatic heterocycles. The van der Waals surface area contributed by atoms with Crippen molar-refractivity contribution >= 4 is 21.6 Å². The van der Waals surface area contributed by atoms with Crippen molar-refractivity contribution in [2.45, 2.75) is 26.8 Å². The zero-order valence-electron chi connectivity index (χ0n) is 16.5. The van der Waals surface area contributed by atoms with E-state index in [2.05, 4.69) is 0 Å². The quantitative estimate of drug-likeness (QED) is 0.456. The summed E-state index contributed by atoms with van der Waals surface area (Å²) in [6.45, 7) is 4.26. The lowest BCUT2D eigenvalue weighted by Gasteiger charge is -2.12. The third kappa shape index (κ3) is 3.56. The number of hydrogen-bond acceptors (Lipinski definition) is 4. The van der Waals surface area contributed by atoms with Crippen LogP contribution in [0.3, 0.4) is 0 Å². The number of fused-ring (bicyclic) bond motifs is 1. The van der Waals surface area contributed by atoms with Crippen molar-refractivity contribution in [1.82, 2.24) is 9.55 Å². The molecule has 0 fully saturated rings. The lowest BCUT2D eigenvalue weighted by Crippen LogP contribution is -2.25. The lowest BCUT2D eigenvalue weighted by atomic mass is 10.0. The van der Waals surface area contributed by atoms with E-state index in [1.807, 2.05) is 44.2 Å². The molecule has 4 aromatic rings. The average molecular weight is 408 g/mol. The second-order valence-corrected chi connectivity index (χ2v) is 8.05. The Morgan fingerprint density at radius 1 is 1.17 bits per heavy atom. The van der Waals surface area contributed by atoms with Gasteiger partial charge in [0.25, 0.3) is 5.56 Å². The summed E-state index contributed by atoms with van der Waals surface area (Å²) in [5, 5.41) is 0.606. The summed E-state index contributed by atoms with van der Waals surface area (Å²) >= 11 is 1.52. The summed E-state index contributed by atoms with van der Waals surface area (Å²) in [7, 11) is 1.62. The number of nitrogens with zero attached hydrogens (tertiary/aromatic N) is 2. The molecule has 0 saturated carbocycles. The first-order valence-corrected chi connectivity index (χ1v) is 10.2. The monoisotopic (exact) mass is 408 g/mol. The number of aryl methyl sites for hydroxylation is 2. The van der Waals surface area contributed by atoms with Gasteiger partial charge in [0.1, 0.15) is 22.2 Å². The van der Waals surface area contributed by atoms with Gasteiger partial charge in [0.15, 0.2) is 0 Å². The second kappa shape index (κ2) is 7.79. The van der Waals surface area contributed by atoms with Crippen LogP contribution in [0.1, 0.15) is 23.2 Å². The third-order valence-electron chi connectivity index (χ3n) is 4.97. The molecule has 4 nitrogen and oxygen atoms in total. The molecule has 0 aliphatic heterocycles. The number of rotatable bonds is 5. The van der Waals surface area contributed by atoms with Gasteiger partial charge in [-0.3, -0.25) is 9.36 Å². The molecule has 2 heterocycles. The zero-order chi connectivity index (χ0) is 20.5. The van der Waals surface area contributed by atoms with Crippen molar-refractivity contribution in [3.8, 4) is 16.9 Å². The van der Waals surface area contributed by atoms with E-state index >= 15 is 0 Å². The summed E-state index contributed by atoms with van der Waals surface area (Å²) in [5.41, 5.74) is 2.45. The highest BCUT2D eigenvalue weighted by Gasteiger charge is 2.19. The Morgan fingerprint density at radius 3 is 2.69 bits per heavy atom. The number of hydrogen-bond donors (Lipinski definition) is 0. The SMILES string of the molecule is CCc1nc2sc(C)c(-c3cccc(OC)c3)c2c(=O)n1Cc1cccc(F)c1. The van der Waals surface area contributed by atoms with E-state index in [0.717, 1.165) is 32.1 Å². The molecule has 2 aromatic carbocycles. The van der Waals surface area contributed by atoms with Gasteiger partial charge in [-0.15, -0.1) is 11.3 Å². The molecule has 0 spiro atoms. The molecular formula is C23H21FN2O2S. The molecule has 29 heavy (non-hydrogen) atoms. The van der Waals surface area contributed by atoms with Gasteiger partial charge in [0, 0.05) is 16.9 Å². The molecule has 0 aliphatic rings. The van der Waals surface area contributed by atoms with Crippen LogP contribution in [0.4, 0.5) is 4.39 Å². The van der Waals surface area contributed by atoms with E-state index in [9.17, 15) is 9.18 Å². The fraction of sp³-hybridized carbons (Fsp3) is 0.217. The Bertz CT molecular complexity index is 1260. The van der Waals surface area contributed by atoms with Gasteiger partial charge in [-0.2, -0.15) is 0 Å². The van der Waals surface area contributed by atoms with Gasteiger partial charge in [0.05, 0.1) is 19.0 Å². The number of thiophene rings is 1. The lowest BCUT2D eigenvalue weighted by molar-refractivity contribution is 0.415. The molecule has 4 rings (SSSR count). The van der Waals surface area contributed by atoms with E-state index in [4.69, 9.17) is 9.72 Å². The largest absolute Gasteiger partial charge is 0.497 e. The van der Waals surface area contributed by atoms with Crippen molar-refractivity contribution in [3.05, 3.63) is 81.0 Å². The van der Waals surface area contributed by atoms with Crippen LogP contribution in [0.2, 0.25) is 0 Å². The highest BCUT2D eigenvalue weighted by molar-refractivity contribution is 7.19. The number of benzene rings is 2. The predicted molar refractivity (Wildman–Crippen MR) is 115 cm³/mol. The van der Waals surface area contributed by atoms with Crippen molar-refractivity contribution in [2.24, 2.45) is 0 Å². The van der Waals surface area contributed by atoms with Crippen LogP contribution < -0.4 is 10.3 Å². The molecular weight excluding hydrogens is 387 g/mol. The molecule has 0 saturated heterocycles. The van der Waals surface area contributed by atoms with Crippen molar-refractivity contribution in [3.63, 3.8) is 0 Å². The van der Waals surface area contributed by atoms with E-state index < -0.39 is 0 Å². The minimum atomic E-state index is -0.314. The maximum absolute atomic E-state index is 13.7. The summed E-state index contributed by atoms with van der Waals surface area (Å²) in [4.78, 5) is 20.1. The van der Waals surface area contributed by atoms with Gasteiger partial charge >= 0.3 is 0 Å². The first-order chi connectivity index (χ1) is 14.0. The van der Waals surface area contributed by atoms with Gasteiger partial charge in [-0.05, 0) is 42.3 Å². The van der Waals surface area contributed by atoms with Gasteiger partial charge in [-0.1, -0.05) is 31.2 Å². The van der Waals surface area contributed by atoms with E-state index in [1.54, 1.807) is 17.7 Å². The number of ether oxygens (including phenoxy) is 1. The van der Waals surface area contributed by atoms with E-state index in [0.29, 0.717) is 17.6 Å². The standard InChI is InChI=1S/C23H21FN2O2S/c1-4-19-25-22-21(23(27)26(19)13-15-7-5-9-17(24)11-15)20(14(2)29-22)16-8-6-10-18(12-16)28-3/h5-12H,4,13H2,1-3H3. The molecule has 148 valence electrons. The minimum absolute atomic E-state index is 0.0988. The van der Waals surface area contributed by atoms with E-state index in [1.165, 1.54) is 23.5 Å². The number of methoxy groups -OCH3 is 1. The molecule has 0 unspecified atom stereocenters. The molecule has 0 bridgehead atoms. The van der Waals surface area contributed by atoms with Gasteiger partial charge in [0.2, 0.25) is 0 Å². The Labute approximate surface area is 172 Å². The van der Waals surface area contributed by atoms with Crippen molar-refractivity contribution in [2.75, 3.05) is 7.11 Å². The fourth-order valence-electron chi connectivity index (χ4n) is 3.61. The van der Waals surface area contributed by atoms with Crippen molar-refractivity contribution < 1.29 is 9.13 Å². The van der Waals surface area contributed by atoms with Crippen LogP contribution in [0.25, 0.3) is 21.3 Å². The first kappa shape index (κ1) is 19.3. The number of halogens is 1. The van der Waals surface area contributed by atoms with Crippen molar-refractivity contribution in [1.29, 1.82) is 0 Å². The van der Waals surface area contributed by atoms with Crippen LogP contribution in [0.15, 0.2) is 53.3 Å². The third-order valence-corrected chi connectivity index (χ3v) is 5.97. The summed E-state index contributed by atoms with van der Waals surface area (Å²) < 4.78 is 20.7. The normalized spacial score (nSPS) is 11.2. The summed E-state index contributed by atoms with van der Waals surface area (Å²) in [6, 6.07) is 14.0. The molecule has 0 aliphatic carbocycles. The fourth-order valence-corrected chi connectivity index (χ4v) is 4.67. The minimum Gasteiger partial charge on any atom is -0.497 e. The molecule has 0 amide bonds. The number of aromatic nitrogens is 2. The average Bonchev–Trinajstić information content (AvgIpc) is 3.06. The van der Waals surface area contributed by atoms with Crippen LogP contribution >= 0.6 is 11.3 Å². The van der Waals surface area contributed by atoms with Gasteiger partial charge < -0.3 is 4.74 Å². The van der Waals surface area contributed by atoms with Crippen LogP contribution in [0.5, 0.6) is 5.75 Å². The highest BCUT2D eigenvalue weighted by Crippen LogP contribution is 2.37. The summed E-state index contributed by atoms with van der Waals surface area (Å²) in [5.74, 6) is 1.12. The first-order valence-electron chi connectivity index (χ1n) is 9.43. The molecule has 0 atom stereocenters. The highest BCUT2D eigenvalue weighted by atomic mass is 32.1. The predicted octanol–water partition coefficient (Wildman–Crippen LogP) is 5.19. The maximum Gasteiger partial charge on any atom is 0.263 e. The molecule has 0 N–H and O–H groups in total. The topological polar surface area (TPSA) is 44.1 Å². The Morgan fingerprint density at radius 2 is 1.97 bits per heavy atom. The smallest absolute Gasteiger partial charge is 0.263 e. The maximum atomic E-state index is 13.7.